The van der Waals surface area contributed by atoms with Crippen LogP contribution in [0, 0.1) is 10.1 Å². The molecule has 0 aliphatic rings. The summed E-state index contributed by atoms with van der Waals surface area (Å²) in [7, 11) is 1.54. The molecule has 0 spiro atoms. The lowest BCUT2D eigenvalue weighted by molar-refractivity contribution is -0.401. The fourth-order valence-electron chi connectivity index (χ4n) is 2.18. The molecule has 0 unspecified atom stereocenters. The first-order valence-electron chi connectivity index (χ1n) is 6.24. The number of fused-ring (bicyclic) bond motifs is 1. The zero-order valence-electron chi connectivity index (χ0n) is 11.3. The molecular weight excluding hydrogens is 319 g/mol. The molecule has 0 atom stereocenters. The molecular formula is C13H14Cl2N2O4. The van der Waals surface area contributed by atoms with Crippen LogP contribution in [0.15, 0.2) is 22.6 Å². The monoisotopic (exact) mass is 332 g/mol. The van der Waals surface area contributed by atoms with Crippen LogP contribution in [-0.4, -0.2) is 36.9 Å². The van der Waals surface area contributed by atoms with Crippen molar-refractivity contribution >= 4 is 45.7 Å². The van der Waals surface area contributed by atoms with Crippen molar-refractivity contribution in [1.29, 1.82) is 0 Å². The quantitative estimate of drug-likeness (QED) is 0.440. The van der Waals surface area contributed by atoms with Crippen molar-refractivity contribution in [1.82, 2.24) is 0 Å². The first-order valence-corrected chi connectivity index (χ1v) is 7.31. The van der Waals surface area contributed by atoms with Crippen molar-refractivity contribution in [3.05, 3.63) is 28.3 Å². The van der Waals surface area contributed by atoms with E-state index in [1.165, 1.54) is 6.07 Å². The maximum atomic E-state index is 10.9. The summed E-state index contributed by atoms with van der Waals surface area (Å²) < 4.78 is 10.6. The summed E-state index contributed by atoms with van der Waals surface area (Å²) >= 11 is 11.7. The maximum Gasteiger partial charge on any atom is 0.434 e. The predicted molar refractivity (Wildman–Crippen MR) is 83.1 cm³/mol. The van der Waals surface area contributed by atoms with Gasteiger partial charge in [0.25, 0.3) is 0 Å². The minimum Gasteiger partial charge on any atom is -0.495 e. The molecule has 21 heavy (non-hydrogen) atoms. The summed E-state index contributed by atoms with van der Waals surface area (Å²) in [5.41, 5.74) is 1.12. The number of methoxy groups -OCH3 is 1. The highest BCUT2D eigenvalue weighted by atomic mass is 35.5. The van der Waals surface area contributed by atoms with Crippen molar-refractivity contribution in [2.75, 3.05) is 36.9 Å². The lowest BCUT2D eigenvalue weighted by Gasteiger charge is -2.25. The van der Waals surface area contributed by atoms with Crippen LogP contribution in [0.25, 0.3) is 11.0 Å². The van der Waals surface area contributed by atoms with E-state index in [2.05, 4.69) is 0 Å². The fourth-order valence-corrected chi connectivity index (χ4v) is 2.59. The van der Waals surface area contributed by atoms with Gasteiger partial charge in [-0.2, -0.15) is 0 Å². The van der Waals surface area contributed by atoms with Gasteiger partial charge in [-0.15, -0.1) is 23.2 Å². The third kappa shape index (κ3) is 3.16. The molecule has 0 radical (unpaired) electrons. The summed E-state index contributed by atoms with van der Waals surface area (Å²) in [4.78, 5) is 12.2. The molecule has 0 saturated carbocycles. The molecule has 0 aliphatic carbocycles. The summed E-state index contributed by atoms with van der Waals surface area (Å²) in [6.45, 7) is 1.09. The van der Waals surface area contributed by atoms with Crippen molar-refractivity contribution in [3.63, 3.8) is 0 Å². The van der Waals surface area contributed by atoms with Crippen LogP contribution >= 0.6 is 23.2 Å². The highest BCUT2D eigenvalue weighted by Crippen LogP contribution is 2.39. The van der Waals surface area contributed by atoms with Crippen LogP contribution in [0.1, 0.15) is 0 Å². The third-order valence-corrected chi connectivity index (χ3v) is 3.39. The molecule has 1 aromatic carbocycles. The van der Waals surface area contributed by atoms with Crippen molar-refractivity contribution in [2.24, 2.45) is 0 Å². The average molecular weight is 333 g/mol. The van der Waals surface area contributed by atoms with Crippen LogP contribution in [0.2, 0.25) is 0 Å². The molecule has 1 aromatic heterocycles. The minimum absolute atomic E-state index is 0.309. The highest BCUT2D eigenvalue weighted by Gasteiger charge is 2.22. The van der Waals surface area contributed by atoms with Crippen LogP contribution in [0.5, 0.6) is 5.75 Å². The van der Waals surface area contributed by atoms with Gasteiger partial charge in [0.15, 0.2) is 0 Å². The fraction of sp³-hybridized carbons (Fsp3) is 0.385. The summed E-state index contributed by atoms with van der Waals surface area (Å²) in [5.74, 6) is 1.08. The van der Waals surface area contributed by atoms with Gasteiger partial charge in [0, 0.05) is 24.8 Å². The van der Waals surface area contributed by atoms with Crippen LogP contribution < -0.4 is 9.64 Å². The number of hydrogen-bond acceptors (Lipinski definition) is 5. The second kappa shape index (κ2) is 6.87. The van der Waals surface area contributed by atoms with Crippen LogP contribution in [0.4, 0.5) is 11.6 Å². The molecule has 0 N–H and O–H groups in total. The van der Waals surface area contributed by atoms with Crippen molar-refractivity contribution < 1.29 is 14.1 Å². The Hall–Kier alpha value is -1.66. The van der Waals surface area contributed by atoms with Gasteiger partial charge in [0.1, 0.15) is 16.3 Å². The molecule has 0 saturated heterocycles. The number of nitrogens with zero attached hydrogens (tertiary/aromatic N) is 2. The normalized spacial score (nSPS) is 10.8. The molecule has 1 heterocycles. The Labute approximate surface area is 131 Å². The molecule has 0 aliphatic heterocycles. The van der Waals surface area contributed by atoms with Gasteiger partial charge in [-0.1, -0.05) is 0 Å². The van der Waals surface area contributed by atoms with Crippen LogP contribution in [-0.2, 0) is 0 Å². The Kier molecular flexibility index (Phi) is 5.14. The molecule has 114 valence electrons. The van der Waals surface area contributed by atoms with Gasteiger partial charge >= 0.3 is 5.88 Å². The highest BCUT2D eigenvalue weighted by molar-refractivity contribution is 6.18. The first-order chi connectivity index (χ1) is 10.1. The Morgan fingerprint density at radius 2 is 2.00 bits per heavy atom. The Balaban J connectivity index is 2.63. The number of alkyl halides is 2. The standard InChI is InChI=1S/C13H14Cl2N2O4/c1-20-11-3-2-10-9(8-12(21-10)17(18)19)13(11)16(6-4-14)7-5-15/h2-3,8H,4-7H2,1H3. The van der Waals surface area contributed by atoms with E-state index in [9.17, 15) is 10.1 Å². The zero-order chi connectivity index (χ0) is 15.4. The minimum atomic E-state index is -0.566. The summed E-state index contributed by atoms with van der Waals surface area (Å²) in [6.07, 6.45) is 0. The van der Waals surface area contributed by atoms with Gasteiger partial charge in [0.05, 0.1) is 24.2 Å². The third-order valence-electron chi connectivity index (χ3n) is 3.05. The van der Waals surface area contributed by atoms with Crippen molar-refractivity contribution in [3.8, 4) is 5.75 Å². The lowest BCUT2D eigenvalue weighted by Crippen LogP contribution is -2.28. The summed E-state index contributed by atoms with van der Waals surface area (Å²) in [5, 5.41) is 11.5. The number of nitro groups is 1. The van der Waals surface area contributed by atoms with E-state index in [1.54, 1.807) is 19.2 Å². The molecule has 0 amide bonds. The van der Waals surface area contributed by atoms with Crippen molar-refractivity contribution in [2.45, 2.75) is 0 Å². The molecule has 6 nitrogen and oxygen atoms in total. The number of furan rings is 1. The number of rotatable bonds is 7. The molecule has 2 aromatic rings. The van der Waals surface area contributed by atoms with E-state index in [-0.39, 0.29) is 5.88 Å². The largest absolute Gasteiger partial charge is 0.495 e. The van der Waals surface area contributed by atoms with Gasteiger partial charge in [-0.05, 0) is 12.1 Å². The number of ether oxygens (including phenoxy) is 1. The first kappa shape index (κ1) is 15.7. The zero-order valence-corrected chi connectivity index (χ0v) is 12.9. The second-order valence-electron chi connectivity index (χ2n) is 4.24. The van der Waals surface area contributed by atoms with E-state index in [4.69, 9.17) is 32.4 Å². The van der Waals surface area contributed by atoms with E-state index < -0.39 is 4.92 Å². The SMILES string of the molecule is COc1ccc2oc([N+](=O)[O-])cc2c1N(CCCl)CCCl. The van der Waals surface area contributed by atoms with Crippen LogP contribution in [0.3, 0.4) is 0 Å². The molecule has 0 bridgehead atoms. The van der Waals surface area contributed by atoms with E-state index in [0.717, 1.165) is 0 Å². The summed E-state index contributed by atoms with van der Waals surface area (Å²) in [6, 6.07) is 4.74. The van der Waals surface area contributed by atoms with Gasteiger partial charge in [-0.3, -0.25) is 10.1 Å². The molecule has 2 rings (SSSR count). The smallest absolute Gasteiger partial charge is 0.434 e. The lowest BCUT2D eigenvalue weighted by atomic mass is 10.1. The number of halogens is 2. The predicted octanol–water partition coefficient (Wildman–Crippen LogP) is 3.63. The number of hydrogen-bond donors (Lipinski definition) is 0. The van der Waals surface area contributed by atoms with E-state index in [0.29, 0.717) is 47.3 Å². The van der Waals surface area contributed by atoms with Gasteiger partial charge < -0.3 is 14.1 Å². The Morgan fingerprint density at radius 1 is 1.33 bits per heavy atom. The topological polar surface area (TPSA) is 68.8 Å². The number of benzene rings is 1. The maximum absolute atomic E-state index is 10.9. The Bertz CT molecular complexity index is 638. The second-order valence-corrected chi connectivity index (χ2v) is 4.99. The van der Waals surface area contributed by atoms with E-state index >= 15 is 0 Å². The number of anilines is 1. The van der Waals surface area contributed by atoms with Gasteiger partial charge in [-0.25, -0.2) is 0 Å². The molecule has 8 heteroatoms. The average Bonchev–Trinajstić information content (AvgIpc) is 2.90. The van der Waals surface area contributed by atoms with Gasteiger partial charge in [0.2, 0.25) is 0 Å². The molecule has 0 fully saturated rings. The Morgan fingerprint density at radius 3 is 2.52 bits per heavy atom. The van der Waals surface area contributed by atoms with E-state index in [1.807, 2.05) is 4.90 Å².